The average molecular weight is 339 g/mol. The van der Waals surface area contributed by atoms with E-state index in [4.69, 9.17) is 0 Å². The van der Waals surface area contributed by atoms with Crippen LogP contribution in [0, 0.1) is 0 Å². The van der Waals surface area contributed by atoms with Crippen LogP contribution in [0.2, 0.25) is 0 Å². The van der Waals surface area contributed by atoms with E-state index in [1.165, 1.54) is 10.4 Å². The third kappa shape index (κ3) is 3.91. The Bertz CT molecular complexity index is 656. The third-order valence-corrected chi connectivity index (χ3v) is 6.13. The zero-order chi connectivity index (χ0) is 17.0. The molecule has 1 N–H and O–H groups in total. The first-order valence-electron chi connectivity index (χ1n) is 8.03. The van der Waals surface area contributed by atoms with E-state index in [-0.39, 0.29) is 16.8 Å². The van der Waals surface area contributed by atoms with E-state index in [1.807, 2.05) is 6.92 Å². The van der Waals surface area contributed by atoms with Gasteiger partial charge in [0.15, 0.2) is 0 Å². The molecule has 1 aliphatic rings. The van der Waals surface area contributed by atoms with Crippen LogP contribution in [0.25, 0.3) is 0 Å². The van der Waals surface area contributed by atoms with Crippen molar-refractivity contribution in [2.45, 2.75) is 31.7 Å². The summed E-state index contributed by atoms with van der Waals surface area (Å²) >= 11 is 0. The fourth-order valence-corrected chi connectivity index (χ4v) is 4.31. The smallest absolute Gasteiger partial charge is 0.253 e. The third-order valence-electron chi connectivity index (χ3n) is 4.08. The highest BCUT2D eigenvalue weighted by molar-refractivity contribution is 7.89. The van der Waals surface area contributed by atoms with Crippen molar-refractivity contribution in [1.82, 2.24) is 14.5 Å². The van der Waals surface area contributed by atoms with Crippen LogP contribution in [-0.2, 0) is 10.0 Å². The van der Waals surface area contributed by atoms with Crippen molar-refractivity contribution in [3.05, 3.63) is 29.8 Å². The summed E-state index contributed by atoms with van der Waals surface area (Å²) in [6.07, 6.45) is 0. The first-order valence-corrected chi connectivity index (χ1v) is 9.47. The van der Waals surface area contributed by atoms with Crippen molar-refractivity contribution < 1.29 is 13.2 Å². The van der Waals surface area contributed by atoms with Crippen LogP contribution in [0.15, 0.2) is 29.2 Å². The molecule has 1 aromatic carbocycles. The van der Waals surface area contributed by atoms with Gasteiger partial charge in [-0.15, -0.1) is 0 Å². The lowest BCUT2D eigenvalue weighted by Crippen LogP contribution is -2.51. The van der Waals surface area contributed by atoms with Gasteiger partial charge in [-0.05, 0) is 25.1 Å². The number of rotatable bonds is 5. The summed E-state index contributed by atoms with van der Waals surface area (Å²) < 4.78 is 26.6. The van der Waals surface area contributed by atoms with E-state index in [1.54, 1.807) is 36.9 Å². The van der Waals surface area contributed by atoms with E-state index in [2.05, 4.69) is 5.32 Å². The van der Waals surface area contributed by atoms with Crippen LogP contribution in [-0.4, -0.2) is 62.3 Å². The monoisotopic (exact) mass is 339 g/mol. The van der Waals surface area contributed by atoms with Gasteiger partial charge in [-0.3, -0.25) is 4.79 Å². The van der Waals surface area contributed by atoms with Crippen LogP contribution in [0.1, 0.15) is 31.1 Å². The van der Waals surface area contributed by atoms with Crippen molar-refractivity contribution in [2.75, 3.05) is 32.7 Å². The van der Waals surface area contributed by atoms with E-state index < -0.39 is 10.0 Å². The number of carbonyl (C=O) groups is 1. The molecule has 0 spiro atoms. The molecule has 0 radical (unpaired) electrons. The number of nitrogens with one attached hydrogen (secondary N) is 1. The Morgan fingerprint density at radius 1 is 1.35 bits per heavy atom. The summed E-state index contributed by atoms with van der Waals surface area (Å²) in [5.74, 6) is -0.116. The Morgan fingerprint density at radius 2 is 2.04 bits per heavy atom. The first-order chi connectivity index (χ1) is 10.9. The van der Waals surface area contributed by atoms with E-state index in [9.17, 15) is 13.2 Å². The first kappa shape index (κ1) is 17.9. The lowest BCUT2D eigenvalue weighted by atomic mass is 10.1. The highest BCUT2D eigenvalue weighted by Gasteiger charge is 2.25. The van der Waals surface area contributed by atoms with E-state index >= 15 is 0 Å². The Kier molecular flexibility index (Phi) is 5.78. The van der Waals surface area contributed by atoms with Gasteiger partial charge in [0.25, 0.3) is 5.91 Å². The molecule has 1 fully saturated rings. The molecule has 1 aromatic rings. The molecule has 0 bridgehead atoms. The van der Waals surface area contributed by atoms with Crippen molar-refractivity contribution in [3.8, 4) is 0 Å². The molecule has 23 heavy (non-hydrogen) atoms. The highest BCUT2D eigenvalue weighted by Crippen LogP contribution is 2.18. The molecule has 0 aliphatic carbocycles. The Labute approximate surface area is 138 Å². The molecule has 1 unspecified atom stereocenters. The molecule has 6 nitrogen and oxygen atoms in total. The summed E-state index contributed by atoms with van der Waals surface area (Å²) in [4.78, 5) is 14.6. The van der Waals surface area contributed by atoms with Crippen LogP contribution in [0.3, 0.4) is 0 Å². The SMILES string of the molecule is CCN(CC)S(=O)(=O)c1cccc(C(=O)N2CCNC(C)C2)c1. The fourth-order valence-electron chi connectivity index (χ4n) is 2.80. The van der Waals surface area contributed by atoms with Gasteiger partial charge in [0, 0.05) is 44.3 Å². The Morgan fingerprint density at radius 3 is 2.65 bits per heavy atom. The minimum Gasteiger partial charge on any atom is -0.336 e. The lowest BCUT2D eigenvalue weighted by molar-refractivity contribution is 0.0709. The molecule has 0 aromatic heterocycles. The number of carbonyl (C=O) groups excluding carboxylic acids is 1. The largest absolute Gasteiger partial charge is 0.336 e. The maximum Gasteiger partial charge on any atom is 0.253 e. The maximum atomic E-state index is 12.6. The Hall–Kier alpha value is -1.44. The van der Waals surface area contributed by atoms with Gasteiger partial charge in [0.2, 0.25) is 10.0 Å². The van der Waals surface area contributed by atoms with Crippen molar-refractivity contribution in [3.63, 3.8) is 0 Å². The van der Waals surface area contributed by atoms with Crippen LogP contribution in [0.4, 0.5) is 0 Å². The molecule has 1 heterocycles. The lowest BCUT2D eigenvalue weighted by Gasteiger charge is -2.32. The van der Waals surface area contributed by atoms with Crippen molar-refractivity contribution in [1.29, 1.82) is 0 Å². The quantitative estimate of drug-likeness (QED) is 0.874. The van der Waals surface area contributed by atoms with Crippen molar-refractivity contribution in [2.24, 2.45) is 0 Å². The zero-order valence-electron chi connectivity index (χ0n) is 13.9. The zero-order valence-corrected chi connectivity index (χ0v) is 14.8. The summed E-state index contributed by atoms with van der Waals surface area (Å²) in [5.41, 5.74) is 0.423. The average Bonchev–Trinajstić information content (AvgIpc) is 2.55. The molecule has 1 aliphatic heterocycles. The van der Waals surface area contributed by atoms with Crippen LogP contribution in [0.5, 0.6) is 0 Å². The maximum absolute atomic E-state index is 12.6. The molecule has 0 saturated carbocycles. The minimum absolute atomic E-state index is 0.116. The van der Waals surface area contributed by atoms with Gasteiger partial charge in [-0.2, -0.15) is 4.31 Å². The predicted octanol–water partition coefficient (Wildman–Crippen LogP) is 1.15. The minimum atomic E-state index is -3.55. The number of hydrogen-bond donors (Lipinski definition) is 1. The molecular formula is C16H25N3O3S. The van der Waals surface area contributed by atoms with Crippen LogP contribution >= 0.6 is 0 Å². The summed E-state index contributed by atoms with van der Waals surface area (Å²) in [6.45, 7) is 8.47. The van der Waals surface area contributed by atoms with E-state index in [0.717, 1.165) is 6.54 Å². The van der Waals surface area contributed by atoms with Crippen LogP contribution < -0.4 is 5.32 Å². The molecule has 2 rings (SSSR count). The Balaban J connectivity index is 2.27. The highest BCUT2D eigenvalue weighted by atomic mass is 32.2. The van der Waals surface area contributed by atoms with E-state index in [0.29, 0.717) is 31.7 Å². The van der Waals surface area contributed by atoms with Gasteiger partial charge < -0.3 is 10.2 Å². The second kappa shape index (κ2) is 7.42. The molecule has 1 atom stereocenters. The molecule has 128 valence electrons. The number of piperazine rings is 1. The second-order valence-corrected chi connectivity index (χ2v) is 7.66. The van der Waals surface area contributed by atoms with Crippen molar-refractivity contribution >= 4 is 15.9 Å². The van der Waals surface area contributed by atoms with Gasteiger partial charge in [-0.1, -0.05) is 19.9 Å². The molecular weight excluding hydrogens is 314 g/mol. The summed E-state index contributed by atoms with van der Waals surface area (Å²) in [5, 5.41) is 3.29. The molecule has 1 amide bonds. The van der Waals surface area contributed by atoms with Gasteiger partial charge >= 0.3 is 0 Å². The number of hydrogen-bond acceptors (Lipinski definition) is 4. The number of amides is 1. The topological polar surface area (TPSA) is 69.7 Å². The normalized spacial score (nSPS) is 19.1. The van der Waals surface area contributed by atoms with Gasteiger partial charge in [-0.25, -0.2) is 8.42 Å². The fraction of sp³-hybridized carbons (Fsp3) is 0.562. The molecule has 7 heteroatoms. The standard InChI is InChI=1S/C16H25N3O3S/c1-4-19(5-2)23(21,22)15-8-6-7-14(11-15)16(20)18-10-9-17-13(3)12-18/h6-8,11,13,17H,4-5,9-10,12H2,1-3H3. The van der Waals surface area contributed by atoms with Gasteiger partial charge in [0.1, 0.15) is 0 Å². The second-order valence-electron chi connectivity index (χ2n) is 5.72. The number of nitrogens with zero attached hydrogens (tertiary/aromatic N) is 2. The number of benzene rings is 1. The number of sulfonamides is 1. The predicted molar refractivity (Wildman–Crippen MR) is 89.9 cm³/mol. The summed E-state index contributed by atoms with van der Waals surface area (Å²) in [7, 11) is -3.55. The summed E-state index contributed by atoms with van der Waals surface area (Å²) in [6, 6.07) is 6.59. The molecule has 1 saturated heterocycles. The van der Waals surface area contributed by atoms with Gasteiger partial charge in [0.05, 0.1) is 4.90 Å².